The number of rotatable bonds is 5. The highest BCUT2D eigenvalue weighted by molar-refractivity contribution is 7.07. The van der Waals surface area contributed by atoms with Crippen LogP contribution in [0.15, 0.2) is 35.8 Å². The third kappa shape index (κ3) is 3.39. The third-order valence-corrected chi connectivity index (χ3v) is 4.48. The molecular formula is C17H17N3O3S. The van der Waals surface area contributed by atoms with Gasteiger partial charge in [-0.2, -0.15) is 5.26 Å². The molecule has 0 amide bonds. The highest BCUT2D eigenvalue weighted by Crippen LogP contribution is 2.01. The standard InChI is InChI=1S/C17H17N3O3S/c1-4-9-23-17(22)13(11-18)16-20(5-2)15(21)14(24-16)10-12-7-6-8-19(12)3/h4,6-8,10H,1,5,9H2,2-3H3/b14-10-,16-13-. The highest BCUT2D eigenvalue weighted by atomic mass is 32.1. The number of carbonyl (C=O) groups is 1. The minimum Gasteiger partial charge on any atom is -0.457 e. The van der Waals surface area contributed by atoms with Gasteiger partial charge in [0.25, 0.3) is 5.56 Å². The minimum absolute atomic E-state index is 0.00801. The van der Waals surface area contributed by atoms with E-state index >= 15 is 0 Å². The molecule has 0 aromatic carbocycles. The van der Waals surface area contributed by atoms with E-state index in [2.05, 4.69) is 6.58 Å². The summed E-state index contributed by atoms with van der Waals surface area (Å²) in [6.45, 7) is 5.61. The fraction of sp³-hybridized carbons (Fsp3) is 0.235. The Morgan fingerprint density at radius 2 is 2.29 bits per heavy atom. The second kappa shape index (κ2) is 7.62. The number of hydrogen-bond donors (Lipinski definition) is 0. The molecule has 0 bridgehead atoms. The Bertz CT molecular complexity index is 986. The number of aromatic nitrogens is 2. The number of ether oxygens (including phenoxy) is 1. The predicted molar refractivity (Wildman–Crippen MR) is 92.7 cm³/mol. The monoisotopic (exact) mass is 343 g/mol. The fourth-order valence-electron chi connectivity index (χ4n) is 2.14. The van der Waals surface area contributed by atoms with Gasteiger partial charge in [0.05, 0.1) is 4.53 Å². The smallest absolute Gasteiger partial charge is 0.352 e. The molecule has 0 fully saturated rings. The first-order valence-electron chi connectivity index (χ1n) is 7.28. The van der Waals surface area contributed by atoms with Gasteiger partial charge in [-0.3, -0.25) is 9.36 Å². The average Bonchev–Trinajstić information content (AvgIpc) is 3.10. The molecule has 0 unspecified atom stereocenters. The van der Waals surface area contributed by atoms with Gasteiger partial charge in [-0.1, -0.05) is 12.7 Å². The second-order valence-electron chi connectivity index (χ2n) is 4.88. The molecule has 7 heteroatoms. The average molecular weight is 343 g/mol. The molecule has 0 saturated carbocycles. The molecular weight excluding hydrogens is 326 g/mol. The van der Waals surface area contributed by atoms with Crippen LogP contribution in [0.1, 0.15) is 12.6 Å². The topological polar surface area (TPSA) is 77.0 Å². The summed E-state index contributed by atoms with van der Waals surface area (Å²) >= 11 is 1.11. The summed E-state index contributed by atoms with van der Waals surface area (Å²) in [6, 6.07) is 5.60. The van der Waals surface area contributed by atoms with Crippen LogP contribution < -0.4 is 14.8 Å². The Labute approximate surface area is 142 Å². The summed E-state index contributed by atoms with van der Waals surface area (Å²) in [5.74, 6) is -0.758. The van der Waals surface area contributed by atoms with Crippen molar-refractivity contribution in [1.29, 1.82) is 5.26 Å². The Balaban J connectivity index is 2.72. The van der Waals surface area contributed by atoms with Crippen molar-refractivity contribution in [3.8, 4) is 6.07 Å². The maximum absolute atomic E-state index is 12.6. The molecule has 124 valence electrons. The SMILES string of the molecule is C=CCOC(=O)/C(C#N)=c1\s/c(=C\c2cccn2C)c(=O)n1CC. The molecule has 2 aromatic heterocycles. The molecule has 0 aliphatic rings. The van der Waals surface area contributed by atoms with E-state index in [4.69, 9.17) is 4.74 Å². The number of nitriles is 1. The van der Waals surface area contributed by atoms with Crippen molar-refractivity contribution in [1.82, 2.24) is 9.13 Å². The molecule has 2 heterocycles. The lowest BCUT2D eigenvalue weighted by molar-refractivity contribution is -0.135. The molecule has 6 nitrogen and oxygen atoms in total. The number of esters is 1. The fourth-order valence-corrected chi connectivity index (χ4v) is 3.28. The van der Waals surface area contributed by atoms with Gasteiger partial charge >= 0.3 is 5.97 Å². The zero-order valence-electron chi connectivity index (χ0n) is 13.5. The van der Waals surface area contributed by atoms with Crippen molar-refractivity contribution in [2.75, 3.05) is 6.61 Å². The van der Waals surface area contributed by atoms with E-state index in [1.54, 1.807) is 13.0 Å². The number of aryl methyl sites for hydroxylation is 1. The maximum atomic E-state index is 12.6. The molecule has 0 spiro atoms. The van der Waals surface area contributed by atoms with Gasteiger partial charge in [-0.25, -0.2) is 4.79 Å². The van der Waals surface area contributed by atoms with Crippen LogP contribution in [0.2, 0.25) is 0 Å². The van der Waals surface area contributed by atoms with Crippen molar-refractivity contribution in [3.63, 3.8) is 0 Å². The maximum Gasteiger partial charge on any atom is 0.352 e. The van der Waals surface area contributed by atoms with E-state index in [9.17, 15) is 14.9 Å². The van der Waals surface area contributed by atoms with Crippen molar-refractivity contribution in [3.05, 3.63) is 56.2 Å². The summed E-state index contributed by atoms with van der Waals surface area (Å²) in [5.41, 5.74) is 0.450. The zero-order valence-corrected chi connectivity index (χ0v) is 14.3. The van der Waals surface area contributed by atoms with Crippen LogP contribution in [0.5, 0.6) is 0 Å². The van der Waals surface area contributed by atoms with Crippen LogP contribution in [0, 0.1) is 11.3 Å². The lowest BCUT2D eigenvalue weighted by Crippen LogP contribution is -2.32. The minimum atomic E-state index is -0.758. The van der Waals surface area contributed by atoms with Crippen molar-refractivity contribution < 1.29 is 9.53 Å². The molecule has 0 radical (unpaired) electrons. The summed E-state index contributed by atoms with van der Waals surface area (Å²) in [5, 5.41) is 9.33. The van der Waals surface area contributed by atoms with E-state index in [-0.39, 0.29) is 17.7 Å². The zero-order chi connectivity index (χ0) is 17.7. The van der Waals surface area contributed by atoms with Gasteiger partial charge in [-0.15, -0.1) is 11.3 Å². The summed E-state index contributed by atoms with van der Waals surface area (Å²) in [6.07, 6.45) is 5.04. The number of thiazole rings is 1. The number of carbonyl (C=O) groups excluding carboxylic acids is 1. The molecule has 0 aliphatic carbocycles. The largest absolute Gasteiger partial charge is 0.457 e. The van der Waals surface area contributed by atoms with Gasteiger partial charge in [0.1, 0.15) is 17.3 Å². The van der Waals surface area contributed by atoms with Gasteiger partial charge in [0.15, 0.2) is 5.57 Å². The molecule has 2 aromatic rings. The lowest BCUT2D eigenvalue weighted by Gasteiger charge is -2.00. The molecule has 0 atom stereocenters. The predicted octanol–water partition coefficient (Wildman–Crippen LogP) is 0.500. The van der Waals surface area contributed by atoms with Gasteiger partial charge in [0, 0.05) is 25.5 Å². The first-order chi connectivity index (χ1) is 11.5. The highest BCUT2D eigenvalue weighted by Gasteiger charge is 2.16. The Kier molecular flexibility index (Phi) is 5.55. The molecule has 0 aliphatic heterocycles. The number of hydrogen-bond acceptors (Lipinski definition) is 5. The van der Waals surface area contributed by atoms with Gasteiger partial charge in [0.2, 0.25) is 0 Å². The number of nitrogens with zero attached hydrogens (tertiary/aromatic N) is 3. The molecule has 2 rings (SSSR count). The van der Waals surface area contributed by atoms with E-state index < -0.39 is 5.97 Å². The van der Waals surface area contributed by atoms with Crippen molar-refractivity contribution in [2.45, 2.75) is 13.5 Å². The van der Waals surface area contributed by atoms with E-state index in [0.29, 0.717) is 15.7 Å². The van der Waals surface area contributed by atoms with Crippen molar-refractivity contribution in [2.24, 2.45) is 7.05 Å². The third-order valence-electron chi connectivity index (χ3n) is 3.35. The van der Waals surface area contributed by atoms with Crippen LogP contribution in [0.3, 0.4) is 0 Å². The molecule has 0 N–H and O–H groups in total. The van der Waals surface area contributed by atoms with Crippen molar-refractivity contribution >= 4 is 29.0 Å². The van der Waals surface area contributed by atoms with E-state index in [0.717, 1.165) is 17.0 Å². The normalized spacial score (nSPS) is 12.6. The Morgan fingerprint density at radius 3 is 2.83 bits per heavy atom. The lowest BCUT2D eigenvalue weighted by atomic mass is 10.3. The van der Waals surface area contributed by atoms with Gasteiger partial charge < -0.3 is 9.30 Å². The second-order valence-corrected chi connectivity index (χ2v) is 5.91. The summed E-state index contributed by atoms with van der Waals surface area (Å²) in [7, 11) is 1.87. The quantitative estimate of drug-likeness (QED) is 0.585. The van der Waals surface area contributed by atoms with Crippen LogP contribution in [0.25, 0.3) is 11.6 Å². The van der Waals surface area contributed by atoms with Crippen LogP contribution in [-0.2, 0) is 23.1 Å². The molecule has 0 saturated heterocycles. The summed E-state index contributed by atoms with van der Waals surface area (Å²) in [4.78, 5) is 24.6. The van der Waals surface area contributed by atoms with Gasteiger partial charge in [-0.05, 0) is 25.1 Å². The first kappa shape index (κ1) is 17.5. The summed E-state index contributed by atoms with van der Waals surface area (Å²) < 4.78 is 8.98. The van der Waals surface area contributed by atoms with Crippen LogP contribution in [-0.4, -0.2) is 21.7 Å². The van der Waals surface area contributed by atoms with Crippen LogP contribution >= 0.6 is 11.3 Å². The molecule has 24 heavy (non-hydrogen) atoms. The van der Waals surface area contributed by atoms with E-state index in [1.165, 1.54) is 10.6 Å². The Morgan fingerprint density at radius 1 is 1.54 bits per heavy atom. The van der Waals surface area contributed by atoms with E-state index in [1.807, 2.05) is 36.0 Å². The first-order valence-corrected chi connectivity index (χ1v) is 8.10. The Hall–Kier alpha value is -2.85. The van der Waals surface area contributed by atoms with Crippen LogP contribution in [0.4, 0.5) is 0 Å².